The van der Waals surface area contributed by atoms with Crippen LogP contribution in [0.15, 0.2) is 6.07 Å². The van der Waals surface area contributed by atoms with Crippen molar-refractivity contribution in [3.63, 3.8) is 0 Å². The number of carbonyl (C=O) groups excluding carboxylic acids is 3. The molecule has 5 heterocycles. The van der Waals surface area contributed by atoms with E-state index in [9.17, 15) is 29.7 Å². The molecule has 10 atom stereocenters. The summed E-state index contributed by atoms with van der Waals surface area (Å²) in [6, 6.07) is 1.75. The van der Waals surface area contributed by atoms with E-state index in [2.05, 4.69) is 0 Å². The maximum atomic E-state index is 13.3. The molecule has 4 saturated heterocycles. The number of hydrogen-bond acceptors (Lipinski definition) is 16. The summed E-state index contributed by atoms with van der Waals surface area (Å²) in [4.78, 5) is 38.2. The van der Waals surface area contributed by atoms with Crippen LogP contribution in [-0.4, -0.2) is 114 Å². The third-order valence-corrected chi connectivity index (χ3v) is 11.4. The molecule has 3 N–H and O–H groups in total. The van der Waals surface area contributed by atoms with Crippen LogP contribution >= 0.6 is 0 Å². The lowest BCUT2D eigenvalue weighted by Crippen LogP contribution is -2.72. The van der Waals surface area contributed by atoms with Gasteiger partial charge in [0.1, 0.15) is 29.5 Å². The molecule has 1 spiro atoms. The van der Waals surface area contributed by atoms with Crippen molar-refractivity contribution in [1.82, 2.24) is 0 Å². The Bertz CT molecular complexity index is 1870. The van der Waals surface area contributed by atoms with E-state index in [0.717, 1.165) is 6.92 Å². The van der Waals surface area contributed by atoms with Gasteiger partial charge >= 0.3 is 5.97 Å². The van der Waals surface area contributed by atoms with Gasteiger partial charge in [0.05, 0.1) is 36.9 Å². The number of ether oxygens (including phenoxy) is 10. The van der Waals surface area contributed by atoms with E-state index in [1.165, 1.54) is 35.2 Å². The standard InChI is InChI=1S/C35H40O16/c1-13-10-17-23(26(40)24-18(38)8-9-19(39)25(24)27(17)42-5)28-22(13)29-30-34(49-28,32(12-45-32)35(50-29,51-30)31(43-6)44-7)48-21-11-20(47-16(4)37)33(41,14(2)36)15(3)46-21/h10,15,19-21,29-31,39-41H,8-9,11-12H2,1-7H3/t15-,19-,20+,21-,29-,30-,32-,33+,34+,35-/m0/s1. The minimum absolute atomic E-state index is 0.00219. The molecule has 1 aliphatic carbocycles. The molecule has 2 aromatic rings. The van der Waals surface area contributed by atoms with E-state index in [1.54, 1.807) is 13.0 Å². The summed E-state index contributed by atoms with van der Waals surface area (Å²) in [5.41, 5.74) is -2.55. The largest absolute Gasteiger partial charge is 0.506 e. The Labute approximate surface area is 291 Å². The van der Waals surface area contributed by atoms with Gasteiger partial charge < -0.3 is 62.7 Å². The van der Waals surface area contributed by atoms with E-state index < -0.39 is 83.4 Å². The number of hydrogen-bond donors (Lipinski definition) is 3. The number of methoxy groups -OCH3 is 3. The number of aromatic hydroxyl groups is 1. The van der Waals surface area contributed by atoms with Crippen LogP contribution in [0.1, 0.15) is 79.3 Å². The summed E-state index contributed by atoms with van der Waals surface area (Å²) in [5.74, 6) is -5.62. The third kappa shape index (κ3) is 4.19. The number of phenols is 1. The van der Waals surface area contributed by atoms with Crippen LogP contribution in [0.5, 0.6) is 17.2 Å². The van der Waals surface area contributed by atoms with Crippen molar-refractivity contribution in [3.05, 3.63) is 28.3 Å². The lowest BCUT2D eigenvalue weighted by Gasteiger charge is -2.52. The van der Waals surface area contributed by atoms with Gasteiger partial charge in [0, 0.05) is 50.5 Å². The lowest BCUT2D eigenvalue weighted by molar-refractivity contribution is -0.385. The zero-order valence-corrected chi connectivity index (χ0v) is 29.1. The quantitative estimate of drug-likeness (QED) is 0.203. The molecule has 0 saturated carbocycles. The Morgan fingerprint density at radius 1 is 1.10 bits per heavy atom. The van der Waals surface area contributed by atoms with Gasteiger partial charge in [0.25, 0.3) is 11.6 Å². The second kappa shape index (κ2) is 11.3. The van der Waals surface area contributed by atoms with Crippen molar-refractivity contribution in [2.24, 2.45) is 0 Å². The Balaban J connectivity index is 1.34. The van der Waals surface area contributed by atoms with Crippen molar-refractivity contribution >= 4 is 28.3 Å². The molecule has 0 radical (unpaired) electrons. The first-order valence-corrected chi connectivity index (χ1v) is 16.8. The van der Waals surface area contributed by atoms with Crippen molar-refractivity contribution in [1.29, 1.82) is 0 Å². The van der Waals surface area contributed by atoms with Crippen LogP contribution in [0.25, 0.3) is 10.8 Å². The zero-order valence-electron chi connectivity index (χ0n) is 29.1. The molecule has 276 valence electrons. The molecule has 2 bridgehead atoms. The van der Waals surface area contributed by atoms with E-state index in [4.69, 9.17) is 47.4 Å². The Hall–Kier alpha value is -3.45. The number of carbonyl (C=O) groups is 3. The predicted octanol–water partition coefficient (Wildman–Crippen LogP) is 1.92. The van der Waals surface area contributed by atoms with E-state index in [1.807, 2.05) is 0 Å². The topological polar surface area (TPSA) is 208 Å². The molecular formula is C35H40O16. The highest BCUT2D eigenvalue weighted by atomic mass is 16.9. The SMILES string of the molecule is COc1c2c(c(O)c3c4c(c(C)cc13)[C@@H]1O[C@@]3(C(OC)OC)O[C@@H]1[C@@](O[C@H]1C[C@@H](OC(C)=O)[C@@](O)(C(C)=O)[C@H](C)O1)(O4)[C@@]31CO1)C(=O)CC[C@@H]2O. The molecule has 0 unspecified atom stereocenters. The molecule has 16 heteroatoms. The van der Waals surface area contributed by atoms with Crippen LogP contribution in [-0.2, 0) is 47.5 Å². The molecular weight excluding hydrogens is 676 g/mol. The number of esters is 1. The number of ketones is 2. The fourth-order valence-corrected chi connectivity index (χ4v) is 9.01. The Morgan fingerprint density at radius 3 is 2.41 bits per heavy atom. The van der Waals surface area contributed by atoms with Crippen LogP contribution < -0.4 is 9.47 Å². The second-order valence-corrected chi connectivity index (χ2v) is 14.0. The second-order valence-electron chi connectivity index (χ2n) is 14.0. The number of benzene rings is 2. The molecule has 2 aromatic carbocycles. The molecule has 0 aromatic heterocycles. The molecule has 16 nitrogen and oxygen atoms in total. The summed E-state index contributed by atoms with van der Waals surface area (Å²) < 4.78 is 62.2. The summed E-state index contributed by atoms with van der Waals surface area (Å²) in [7, 11) is 4.23. The first kappa shape index (κ1) is 34.6. The van der Waals surface area contributed by atoms with Gasteiger partial charge in [-0.25, -0.2) is 0 Å². The van der Waals surface area contributed by atoms with Gasteiger partial charge in [-0.2, -0.15) is 0 Å². The number of Topliss-reactive ketones (excluding diaryl/α,β-unsaturated/α-hetero) is 2. The van der Waals surface area contributed by atoms with Gasteiger partial charge in [-0.1, -0.05) is 0 Å². The average molecular weight is 717 g/mol. The highest BCUT2D eigenvalue weighted by Gasteiger charge is 2.94. The van der Waals surface area contributed by atoms with Crippen LogP contribution in [0.3, 0.4) is 0 Å². The molecule has 0 amide bonds. The summed E-state index contributed by atoms with van der Waals surface area (Å²) >= 11 is 0. The summed E-state index contributed by atoms with van der Waals surface area (Å²) in [6.45, 7) is 5.55. The zero-order chi connectivity index (χ0) is 36.6. The minimum Gasteiger partial charge on any atom is -0.506 e. The van der Waals surface area contributed by atoms with E-state index >= 15 is 0 Å². The van der Waals surface area contributed by atoms with Crippen molar-refractivity contribution < 1.29 is 77.1 Å². The normalized spacial score (nSPS) is 38.8. The highest BCUT2D eigenvalue weighted by molar-refractivity contribution is 6.12. The fourth-order valence-electron chi connectivity index (χ4n) is 9.01. The van der Waals surface area contributed by atoms with Crippen molar-refractivity contribution in [3.8, 4) is 17.2 Å². The minimum atomic E-state index is -2.18. The molecule has 51 heavy (non-hydrogen) atoms. The fraction of sp³-hybridized carbons (Fsp3) is 0.629. The molecule has 5 aliphatic heterocycles. The van der Waals surface area contributed by atoms with Gasteiger partial charge in [-0.05, 0) is 38.8 Å². The monoisotopic (exact) mass is 716 g/mol. The Kier molecular flexibility index (Phi) is 7.66. The first-order chi connectivity index (χ1) is 24.2. The number of fused-ring (bicyclic) bond motifs is 8. The van der Waals surface area contributed by atoms with Crippen molar-refractivity contribution in [2.75, 3.05) is 27.9 Å². The van der Waals surface area contributed by atoms with Crippen molar-refractivity contribution in [2.45, 2.75) is 113 Å². The van der Waals surface area contributed by atoms with E-state index in [-0.39, 0.29) is 59.7 Å². The van der Waals surface area contributed by atoms with Gasteiger partial charge in [-0.15, -0.1) is 0 Å². The molecule has 4 fully saturated rings. The third-order valence-electron chi connectivity index (χ3n) is 11.4. The first-order valence-electron chi connectivity index (χ1n) is 16.8. The maximum Gasteiger partial charge on any atom is 0.303 e. The van der Waals surface area contributed by atoms with Crippen LogP contribution in [0, 0.1) is 6.92 Å². The van der Waals surface area contributed by atoms with Gasteiger partial charge in [0.15, 0.2) is 29.6 Å². The van der Waals surface area contributed by atoms with Gasteiger partial charge in [-0.3, -0.25) is 14.4 Å². The number of aryl methyl sites for hydroxylation is 1. The maximum absolute atomic E-state index is 13.3. The summed E-state index contributed by atoms with van der Waals surface area (Å²) in [6.07, 6.45) is -8.27. The number of rotatable bonds is 8. The number of aliphatic hydroxyl groups excluding tert-OH is 1. The van der Waals surface area contributed by atoms with Crippen LogP contribution in [0.4, 0.5) is 0 Å². The lowest BCUT2D eigenvalue weighted by atomic mass is 9.77. The number of phenolic OH excluding ortho intramolecular Hbond substituents is 1. The molecule has 8 rings (SSSR count). The predicted molar refractivity (Wildman–Crippen MR) is 168 cm³/mol. The average Bonchev–Trinajstić information content (AvgIpc) is 3.74. The number of epoxide rings is 1. The highest BCUT2D eigenvalue weighted by Crippen LogP contribution is 2.72. The summed E-state index contributed by atoms with van der Waals surface area (Å²) in [5, 5.41) is 34.8. The van der Waals surface area contributed by atoms with Crippen LogP contribution in [0.2, 0.25) is 0 Å². The molecule has 6 aliphatic rings. The smallest absolute Gasteiger partial charge is 0.303 e. The number of aliphatic hydroxyl groups is 2. The Morgan fingerprint density at radius 2 is 1.80 bits per heavy atom. The van der Waals surface area contributed by atoms with E-state index in [0.29, 0.717) is 16.5 Å². The van der Waals surface area contributed by atoms with Gasteiger partial charge in [0.2, 0.25) is 11.9 Å².